The van der Waals surface area contributed by atoms with Gasteiger partial charge in [-0.3, -0.25) is 23.9 Å². The van der Waals surface area contributed by atoms with Crippen molar-refractivity contribution in [3.8, 4) is 5.75 Å². The molecule has 1 saturated heterocycles. The topological polar surface area (TPSA) is 158 Å². The Morgan fingerprint density at radius 3 is 2.35 bits per heavy atom. The Bertz CT molecular complexity index is 1280. The minimum Gasteiger partial charge on any atom is -0.481 e. The third-order valence-electron chi connectivity index (χ3n) is 5.53. The van der Waals surface area contributed by atoms with Crippen molar-refractivity contribution >= 4 is 30.4 Å². The van der Waals surface area contributed by atoms with Crippen molar-refractivity contribution in [2.45, 2.75) is 72.4 Å². The molecule has 5 atom stereocenters. The van der Waals surface area contributed by atoms with Gasteiger partial charge in [0.15, 0.2) is 0 Å². The number of carboxylic acids is 1. The highest BCUT2D eigenvalue weighted by Crippen LogP contribution is 2.46. The standard InChI is InChI=1S/C22H30N3O7PS.C4H8O2/c1-14(2)30-21(27)16(4)24-33(34,32-17-8-6-5-7-9-17)29-13-18-12-15(3)20(31-18)25-11-10-19(26)23-22(25)28;1-3(2)4(5)6/h5-11,14-16,18,20H,12-13H2,1-4H3,(H,24,34)(H,23,26,28);3H,1-2H3,(H,5,6). The van der Waals surface area contributed by atoms with Crippen LogP contribution in [0.1, 0.15) is 54.2 Å². The zero-order valence-electron chi connectivity index (χ0n) is 23.4. The lowest BCUT2D eigenvalue weighted by atomic mass is 10.1. The number of benzene rings is 1. The van der Waals surface area contributed by atoms with Crippen LogP contribution in [0, 0.1) is 11.8 Å². The van der Waals surface area contributed by atoms with Gasteiger partial charge in [0.1, 0.15) is 18.0 Å². The monoisotopic (exact) mass is 599 g/mol. The normalized spacial score (nSPS) is 20.8. The Balaban J connectivity index is 0.000000840. The number of nitrogens with one attached hydrogen (secondary N) is 2. The number of para-hydroxylation sites is 1. The Morgan fingerprint density at radius 1 is 1.18 bits per heavy atom. The van der Waals surface area contributed by atoms with Crippen LogP contribution < -0.4 is 20.9 Å². The number of H-pyrrole nitrogens is 1. The summed E-state index contributed by atoms with van der Waals surface area (Å²) in [6.45, 7) is 7.29. The molecule has 1 aromatic heterocycles. The highest BCUT2D eigenvalue weighted by atomic mass is 32.5. The number of aromatic nitrogens is 2. The number of hydrogen-bond donors (Lipinski definition) is 3. The van der Waals surface area contributed by atoms with Gasteiger partial charge in [0, 0.05) is 18.2 Å². The molecular weight excluding hydrogens is 561 g/mol. The summed E-state index contributed by atoms with van der Waals surface area (Å²) in [7, 11) is 0. The molecule has 0 radical (unpaired) electrons. The van der Waals surface area contributed by atoms with Crippen LogP contribution in [0.2, 0.25) is 0 Å². The maximum atomic E-state index is 12.3. The number of carbonyl (C=O) groups is 2. The van der Waals surface area contributed by atoms with E-state index in [2.05, 4.69) is 10.1 Å². The van der Waals surface area contributed by atoms with Gasteiger partial charge >= 0.3 is 24.3 Å². The Hall–Kier alpha value is -2.83. The van der Waals surface area contributed by atoms with E-state index in [0.717, 1.165) is 0 Å². The predicted molar refractivity (Wildman–Crippen MR) is 153 cm³/mol. The van der Waals surface area contributed by atoms with Gasteiger partial charge < -0.3 is 23.6 Å². The van der Waals surface area contributed by atoms with E-state index in [1.807, 2.05) is 13.0 Å². The Morgan fingerprint density at radius 2 is 1.80 bits per heavy atom. The van der Waals surface area contributed by atoms with Crippen LogP contribution in [0.3, 0.4) is 0 Å². The summed E-state index contributed by atoms with van der Waals surface area (Å²) in [5, 5.41) is 11.0. The smallest absolute Gasteiger partial charge is 0.330 e. The Labute approximate surface area is 238 Å². The number of carbonyl (C=O) groups excluding carboxylic acids is 1. The molecule has 0 bridgehead atoms. The largest absolute Gasteiger partial charge is 0.481 e. The van der Waals surface area contributed by atoms with E-state index in [0.29, 0.717) is 12.2 Å². The third kappa shape index (κ3) is 10.6. The van der Waals surface area contributed by atoms with Crippen LogP contribution in [0.5, 0.6) is 5.75 Å². The first-order valence-corrected chi connectivity index (χ1v) is 15.5. The third-order valence-corrected chi connectivity index (χ3v) is 8.03. The molecule has 3 rings (SSSR count). The van der Waals surface area contributed by atoms with E-state index in [9.17, 15) is 19.2 Å². The summed E-state index contributed by atoms with van der Waals surface area (Å²) in [4.78, 5) is 47.8. The second-order valence-corrected chi connectivity index (χ2v) is 13.0. The second-order valence-electron chi connectivity index (χ2n) is 9.91. The molecule has 222 valence electrons. The number of nitrogens with zero attached hydrogens (tertiary/aromatic N) is 1. The minimum absolute atomic E-state index is 0.0157. The number of ether oxygens (including phenoxy) is 2. The van der Waals surface area contributed by atoms with Gasteiger partial charge in [0.25, 0.3) is 5.56 Å². The van der Waals surface area contributed by atoms with Crippen molar-refractivity contribution in [3.05, 3.63) is 63.4 Å². The average molecular weight is 600 g/mol. The van der Waals surface area contributed by atoms with Crippen LogP contribution in [0.15, 0.2) is 52.2 Å². The van der Waals surface area contributed by atoms with Gasteiger partial charge in [-0.05, 0) is 51.1 Å². The molecule has 5 unspecified atom stereocenters. The lowest BCUT2D eigenvalue weighted by Gasteiger charge is -2.27. The first-order chi connectivity index (χ1) is 18.7. The summed E-state index contributed by atoms with van der Waals surface area (Å²) >= 11 is 5.71. The van der Waals surface area contributed by atoms with Crippen molar-refractivity contribution in [1.82, 2.24) is 14.6 Å². The molecule has 0 spiro atoms. The van der Waals surface area contributed by atoms with Gasteiger partial charge in [0.2, 0.25) is 0 Å². The van der Waals surface area contributed by atoms with Crippen LogP contribution in [-0.4, -0.2) is 51.5 Å². The molecule has 3 N–H and O–H groups in total. The van der Waals surface area contributed by atoms with E-state index in [4.69, 9.17) is 35.4 Å². The molecule has 40 heavy (non-hydrogen) atoms. The zero-order valence-corrected chi connectivity index (χ0v) is 25.1. The molecule has 1 fully saturated rings. The fourth-order valence-electron chi connectivity index (χ4n) is 3.51. The number of aliphatic carboxylic acids is 1. The molecular formula is C26H38N3O9PS. The van der Waals surface area contributed by atoms with E-state index >= 15 is 0 Å². The van der Waals surface area contributed by atoms with Crippen LogP contribution in [0.4, 0.5) is 0 Å². The van der Waals surface area contributed by atoms with Crippen molar-refractivity contribution in [1.29, 1.82) is 0 Å². The average Bonchev–Trinajstić information content (AvgIpc) is 3.23. The molecule has 0 aliphatic carbocycles. The van der Waals surface area contributed by atoms with Gasteiger partial charge in [-0.25, -0.2) is 9.88 Å². The fraction of sp³-hybridized carbons (Fsp3) is 0.538. The SMILES string of the molecule is CC(C)C(=O)O.CC(C)OC(=O)C(C)NP(=S)(OCC1CC(C)C(n2ccc(=O)[nH]c2=O)O1)Oc1ccccc1. The lowest BCUT2D eigenvalue weighted by molar-refractivity contribution is -0.149. The van der Waals surface area contributed by atoms with Crippen LogP contribution in [0.25, 0.3) is 0 Å². The van der Waals surface area contributed by atoms with Crippen molar-refractivity contribution in [2.75, 3.05) is 6.61 Å². The molecule has 2 heterocycles. The first kappa shape index (κ1) is 33.4. The molecule has 1 aromatic carbocycles. The molecule has 0 saturated carbocycles. The highest BCUT2D eigenvalue weighted by molar-refractivity contribution is 8.09. The molecule has 2 aromatic rings. The van der Waals surface area contributed by atoms with Crippen molar-refractivity contribution in [2.24, 2.45) is 11.8 Å². The highest BCUT2D eigenvalue weighted by Gasteiger charge is 2.36. The maximum absolute atomic E-state index is 12.3. The number of carboxylic acid groups (broad SMARTS) is 1. The maximum Gasteiger partial charge on any atom is 0.330 e. The lowest BCUT2D eigenvalue weighted by Crippen LogP contribution is -2.36. The van der Waals surface area contributed by atoms with Crippen molar-refractivity contribution < 1.29 is 33.2 Å². The van der Waals surface area contributed by atoms with E-state index < -0.39 is 42.1 Å². The first-order valence-electron chi connectivity index (χ1n) is 12.9. The summed E-state index contributed by atoms with van der Waals surface area (Å²) in [5.74, 6) is -0.952. The zero-order chi connectivity index (χ0) is 30.0. The second kappa shape index (κ2) is 15.2. The molecule has 14 heteroatoms. The van der Waals surface area contributed by atoms with E-state index in [1.165, 1.54) is 16.8 Å². The quantitative estimate of drug-likeness (QED) is 0.257. The van der Waals surface area contributed by atoms with Gasteiger partial charge in [0.05, 0.1) is 24.7 Å². The fourth-order valence-corrected chi connectivity index (χ4v) is 5.94. The van der Waals surface area contributed by atoms with Gasteiger partial charge in [-0.2, -0.15) is 0 Å². The van der Waals surface area contributed by atoms with E-state index in [1.54, 1.807) is 58.9 Å². The summed E-state index contributed by atoms with van der Waals surface area (Å²) in [5.41, 5.74) is -1.01. The molecule has 1 aliphatic rings. The molecule has 0 amide bonds. The van der Waals surface area contributed by atoms with Crippen molar-refractivity contribution in [3.63, 3.8) is 0 Å². The number of hydrogen-bond acceptors (Lipinski definition) is 9. The van der Waals surface area contributed by atoms with Crippen LogP contribution in [-0.2, 0) is 35.4 Å². The molecule has 12 nitrogen and oxygen atoms in total. The summed E-state index contributed by atoms with van der Waals surface area (Å²) in [6.07, 6.45) is 0.811. The minimum atomic E-state index is -3.19. The van der Waals surface area contributed by atoms with Crippen LogP contribution >= 0.6 is 6.64 Å². The summed E-state index contributed by atoms with van der Waals surface area (Å²) in [6, 6.07) is 9.47. The number of esters is 1. The number of rotatable bonds is 11. The Kier molecular flexibility index (Phi) is 12.7. The number of aromatic amines is 1. The predicted octanol–water partition coefficient (Wildman–Crippen LogP) is 3.44. The van der Waals surface area contributed by atoms with Gasteiger partial charge in [-0.15, -0.1) is 0 Å². The molecule has 1 aliphatic heterocycles. The van der Waals surface area contributed by atoms with E-state index in [-0.39, 0.29) is 30.7 Å². The summed E-state index contributed by atoms with van der Waals surface area (Å²) < 4.78 is 24.7. The van der Waals surface area contributed by atoms with Gasteiger partial charge in [-0.1, -0.05) is 39.0 Å².